The van der Waals surface area contributed by atoms with Crippen LogP contribution in [0.2, 0.25) is 0 Å². The number of ketones is 1. The lowest BCUT2D eigenvalue weighted by atomic mass is 10.1. The van der Waals surface area contributed by atoms with Crippen LogP contribution in [0.4, 0.5) is 4.39 Å². The number of rotatable bonds is 8. The molecule has 0 heterocycles. The van der Waals surface area contributed by atoms with Gasteiger partial charge in [0.05, 0.1) is 32.0 Å². The molecule has 4 nitrogen and oxygen atoms in total. The van der Waals surface area contributed by atoms with Gasteiger partial charge in [-0.05, 0) is 32.0 Å². The second-order valence-electron chi connectivity index (χ2n) is 3.59. The summed E-state index contributed by atoms with van der Waals surface area (Å²) in [7, 11) is 0.164. The average molecular weight is 288 g/mol. The summed E-state index contributed by atoms with van der Waals surface area (Å²) < 4.78 is 29.0. The molecule has 0 bridgehead atoms. The van der Waals surface area contributed by atoms with Crippen molar-refractivity contribution in [3.63, 3.8) is 0 Å². The molecule has 0 saturated heterocycles. The van der Waals surface area contributed by atoms with Gasteiger partial charge in [0.2, 0.25) is 0 Å². The Hall–Kier alpha value is -1.03. The lowest BCUT2D eigenvalue weighted by molar-refractivity contribution is 0.101. The molecule has 0 aliphatic carbocycles. The van der Waals surface area contributed by atoms with Crippen molar-refractivity contribution in [3.05, 3.63) is 29.6 Å². The summed E-state index contributed by atoms with van der Waals surface area (Å²) in [5, 5.41) is 0. The number of carbonyl (C=O) groups excluding carboxylic acids is 1. The van der Waals surface area contributed by atoms with Crippen LogP contribution in [-0.2, 0) is 9.05 Å². The number of hydrogen-bond acceptors (Lipinski definition) is 4. The normalized spacial score (nSPS) is 10.8. The molecule has 0 aliphatic heterocycles. The zero-order valence-corrected chi connectivity index (χ0v) is 12.2. The summed E-state index contributed by atoms with van der Waals surface area (Å²) in [4.78, 5) is 12.1. The van der Waals surface area contributed by atoms with Gasteiger partial charge in [0.25, 0.3) is 0 Å². The Morgan fingerprint density at radius 3 is 2.42 bits per heavy atom. The third-order valence-electron chi connectivity index (χ3n) is 2.28. The molecule has 0 unspecified atom stereocenters. The van der Waals surface area contributed by atoms with E-state index in [0.29, 0.717) is 19.0 Å². The van der Waals surface area contributed by atoms with E-state index in [4.69, 9.17) is 13.8 Å². The van der Waals surface area contributed by atoms with Gasteiger partial charge in [0, 0.05) is 0 Å². The summed E-state index contributed by atoms with van der Waals surface area (Å²) in [6.07, 6.45) is 0.0941. The number of methoxy groups -OCH3 is 1. The van der Waals surface area contributed by atoms with Gasteiger partial charge in [-0.2, -0.15) is 0 Å². The maximum Gasteiger partial charge on any atom is 0.178 e. The minimum atomic E-state index is -1.28. The van der Waals surface area contributed by atoms with Gasteiger partial charge in [-0.3, -0.25) is 4.79 Å². The van der Waals surface area contributed by atoms with Crippen LogP contribution in [0, 0.1) is 5.82 Å². The van der Waals surface area contributed by atoms with E-state index in [2.05, 4.69) is 0 Å². The van der Waals surface area contributed by atoms with Crippen molar-refractivity contribution in [2.24, 2.45) is 0 Å². The van der Waals surface area contributed by atoms with E-state index < -0.39 is 14.2 Å². The Bertz CT molecular complexity index is 419. The first-order valence-corrected chi connectivity index (χ1v) is 7.38. The van der Waals surface area contributed by atoms with Crippen molar-refractivity contribution < 1.29 is 23.0 Å². The zero-order chi connectivity index (χ0) is 14.3. The molecule has 0 amide bonds. The summed E-state index contributed by atoms with van der Waals surface area (Å²) >= 11 is 0. The van der Waals surface area contributed by atoms with Gasteiger partial charge in [0.15, 0.2) is 14.2 Å². The molecule has 19 heavy (non-hydrogen) atoms. The van der Waals surface area contributed by atoms with Crippen LogP contribution in [0.5, 0.6) is 5.75 Å². The predicted octanol–water partition coefficient (Wildman–Crippen LogP) is 3.40. The third-order valence-corrected chi connectivity index (χ3v) is 3.92. The molecule has 1 aromatic carbocycles. The molecule has 0 N–H and O–H groups in total. The highest BCUT2D eigenvalue weighted by Gasteiger charge is 2.20. The number of benzene rings is 1. The van der Waals surface area contributed by atoms with E-state index in [1.807, 2.05) is 13.8 Å². The summed E-state index contributed by atoms with van der Waals surface area (Å²) in [5.74, 6) is -0.361. The van der Waals surface area contributed by atoms with E-state index >= 15 is 0 Å². The molecule has 6 heteroatoms. The predicted molar refractivity (Wildman–Crippen MR) is 72.3 cm³/mol. The Labute approximate surface area is 113 Å². The molecule has 0 atom stereocenters. The zero-order valence-electron chi connectivity index (χ0n) is 11.3. The number of halogens is 1. The first-order valence-electron chi connectivity index (χ1n) is 6.02. The first-order chi connectivity index (χ1) is 9.12. The van der Waals surface area contributed by atoms with Gasteiger partial charge in [-0.1, -0.05) is 0 Å². The van der Waals surface area contributed by atoms with Gasteiger partial charge in [-0.15, -0.1) is 0 Å². The molecule has 0 aromatic heterocycles. The molecule has 1 aromatic rings. The number of Topliss-reactive ketones (excluding diaryl/α,β-unsaturated/α-hetero) is 1. The lowest BCUT2D eigenvalue weighted by Gasteiger charge is -2.15. The molecular weight excluding hydrogens is 270 g/mol. The Balaban J connectivity index is 2.83. The number of carbonyl (C=O) groups is 1. The second kappa shape index (κ2) is 8.20. The fraction of sp³-hybridized carbons (Fsp3) is 0.462. The minimum absolute atomic E-state index is 0.0941. The third kappa shape index (κ3) is 4.86. The lowest BCUT2D eigenvalue weighted by Crippen LogP contribution is -2.09. The fourth-order valence-electron chi connectivity index (χ4n) is 1.52. The van der Waals surface area contributed by atoms with E-state index in [0.717, 1.165) is 0 Å². The Morgan fingerprint density at radius 1 is 1.26 bits per heavy atom. The largest absolute Gasteiger partial charge is 0.496 e. The molecule has 1 rings (SSSR count). The molecule has 0 spiro atoms. The monoisotopic (exact) mass is 288 g/mol. The maximum absolute atomic E-state index is 13.2. The standard InChI is InChI=1S/C13H18FO4P/c1-4-17-19(18-5-2)9-12(15)11-8-10(14)6-7-13(11)16-3/h6-8H,4-5,9H2,1-3H3. The molecule has 0 aliphatic rings. The Kier molecular flexibility index (Phi) is 6.92. The van der Waals surface area contributed by atoms with Crippen LogP contribution in [0.15, 0.2) is 18.2 Å². The topological polar surface area (TPSA) is 44.8 Å². The van der Waals surface area contributed by atoms with E-state index in [9.17, 15) is 9.18 Å². The quantitative estimate of drug-likeness (QED) is 0.543. The van der Waals surface area contributed by atoms with Gasteiger partial charge < -0.3 is 13.8 Å². The van der Waals surface area contributed by atoms with Crippen molar-refractivity contribution in [2.45, 2.75) is 13.8 Å². The number of ether oxygens (including phenoxy) is 1. The summed E-state index contributed by atoms with van der Waals surface area (Å²) in [6, 6.07) is 3.86. The summed E-state index contributed by atoms with van der Waals surface area (Å²) in [6.45, 7) is 4.61. The number of hydrogen-bond donors (Lipinski definition) is 0. The molecule has 106 valence electrons. The van der Waals surface area contributed by atoms with Crippen molar-refractivity contribution in [1.29, 1.82) is 0 Å². The molecule has 0 saturated carbocycles. The van der Waals surface area contributed by atoms with Gasteiger partial charge in [0.1, 0.15) is 11.6 Å². The van der Waals surface area contributed by atoms with Crippen LogP contribution in [-0.4, -0.2) is 32.3 Å². The van der Waals surface area contributed by atoms with E-state index in [-0.39, 0.29) is 17.5 Å². The van der Waals surface area contributed by atoms with Crippen molar-refractivity contribution in [2.75, 3.05) is 26.5 Å². The first kappa shape index (κ1) is 16.0. The fourth-order valence-corrected chi connectivity index (χ4v) is 2.76. The molecular formula is C13H18FO4P. The van der Waals surface area contributed by atoms with Crippen LogP contribution in [0.25, 0.3) is 0 Å². The highest BCUT2D eigenvalue weighted by molar-refractivity contribution is 7.48. The Morgan fingerprint density at radius 2 is 1.89 bits per heavy atom. The van der Waals surface area contributed by atoms with Gasteiger partial charge in [-0.25, -0.2) is 4.39 Å². The SMILES string of the molecule is CCOP(CC(=O)c1cc(F)ccc1OC)OCC. The highest BCUT2D eigenvalue weighted by atomic mass is 31.2. The minimum Gasteiger partial charge on any atom is -0.496 e. The molecule has 0 fully saturated rings. The van der Waals surface area contributed by atoms with Crippen molar-refractivity contribution >= 4 is 14.2 Å². The van der Waals surface area contributed by atoms with Crippen LogP contribution >= 0.6 is 8.38 Å². The van der Waals surface area contributed by atoms with Crippen molar-refractivity contribution in [3.8, 4) is 5.75 Å². The highest BCUT2D eigenvalue weighted by Crippen LogP contribution is 2.39. The second-order valence-corrected chi connectivity index (χ2v) is 5.09. The van der Waals surface area contributed by atoms with Crippen LogP contribution in [0.3, 0.4) is 0 Å². The molecule has 0 radical (unpaired) electrons. The van der Waals surface area contributed by atoms with Crippen LogP contribution in [0.1, 0.15) is 24.2 Å². The van der Waals surface area contributed by atoms with Gasteiger partial charge >= 0.3 is 0 Å². The van der Waals surface area contributed by atoms with Crippen LogP contribution < -0.4 is 4.74 Å². The average Bonchev–Trinajstić information content (AvgIpc) is 2.39. The van der Waals surface area contributed by atoms with E-state index in [1.165, 1.54) is 25.3 Å². The van der Waals surface area contributed by atoms with E-state index in [1.54, 1.807) is 0 Å². The summed E-state index contributed by atoms with van der Waals surface area (Å²) in [5.41, 5.74) is 0.217. The van der Waals surface area contributed by atoms with Crippen molar-refractivity contribution in [1.82, 2.24) is 0 Å². The maximum atomic E-state index is 13.2. The smallest absolute Gasteiger partial charge is 0.178 e.